The first-order valence-corrected chi connectivity index (χ1v) is 7.44. The number of carbonyl (C=O) groups is 1. The summed E-state index contributed by atoms with van der Waals surface area (Å²) >= 11 is 0. The third-order valence-corrected chi connectivity index (χ3v) is 4.66. The molecular weight excluding hydrogens is 272 g/mol. The lowest BCUT2D eigenvalue weighted by molar-refractivity contribution is -0.384. The van der Waals surface area contributed by atoms with Crippen molar-refractivity contribution in [3.05, 3.63) is 28.1 Å². The van der Waals surface area contributed by atoms with Gasteiger partial charge in [-0.3, -0.25) is 14.9 Å². The molecule has 1 aromatic rings. The van der Waals surface area contributed by atoms with E-state index in [1.165, 1.54) is 12.3 Å². The van der Waals surface area contributed by atoms with Gasteiger partial charge < -0.3 is 15.2 Å². The quantitative estimate of drug-likeness (QED) is 0.675. The molecule has 3 heterocycles. The number of amides is 1. The second-order valence-corrected chi connectivity index (χ2v) is 5.96. The smallest absolute Gasteiger partial charge is 0.287 e. The molecule has 2 saturated heterocycles. The van der Waals surface area contributed by atoms with Crippen LogP contribution >= 0.6 is 0 Å². The van der Waals surface area contributed by atoms with E-state index in [2.05, 4.69) is 0 Å². The molecule has 2 aliphatic heterocycles. The van der Waals surface area contributed by atoms with E-state index in [0.717, 1.165) is 25.7 Å². The molecule has 0 aromatic carbocycles. The Morgan fingerprint density at radius 1 is 1.43 bits per heavy atom. The van der Waals surface area contributed by atoms with E-state index in [1.54, 1.807) is 4.57 Å². The van der Waals surface area contributed by atoms with Crippen LogP contribution in [0, 0.1) is 10.1 Å². The average Bonchev–Trinajstić information content (AvgIpc) is 2.98. The number of nitrogens with zero attached hydrogens (tertiary/aromatic N) is 3. The van der Waals surface area contributed by atoms with Gasteiger partial charge in [-0.2, -0.15) is 0 Å². The summed E-state index contributed by atoms with van der Waals surface area (Å²) in [4.78, 5) is 25.2. The van der Waals surface area contributed by atoms with E-state index in [0.29, 0.717) is 12.2 Å². The maximum absolute atomic E-state index is 12.8. The monoisotopic (exact) mass is 292 g/mol. The molecule has 2 N–H and O–H groups in total. The molecular formula is C14H20N4O3. The normalized spacial score (nSPS) is 27.9. The molecule has 21 heavy (non-hydrogen) atoms. The third-order valence-electron chi connectivity index (χ3n) is 4.66. The molecule has 0 saturated carbocycles. The highest BCUT2D eigenvalue weighted by Crippen LogP contribution is 2.36. The van der Waals surface area contributed by atoms with E-state index in [4.69, 9.17) is 5.73 Å². The largest absolute Gasteiger partial charge is 0.337 e. The van der Waals surface area contributed by atoms with Crippen LogP contribution in [0.4, 0.5) is 5.69 Å². The summed E-state index contributed by atoms with van der Waals surface area (Å²) in [6.07, 6.45) is 5.07. The Labute approximate surface area is 122 Å². The van der Waals surface area contributed by atoms with Gasteiger partial charge in [0.2, 0.25) is 0 Å². The average molecular weight is 292 g/mol. The second kappa shape index (κ2) is 5.14. The molecule has 1 aromatic heterocycles. The molecule has 114 valence electrons. The number of hydrogen-bond donors (Lipinski definition) is 1. The molecule has 7 nitrogen and oxygen atoms in total. The van der Waals surface area contributed by atoms with Crippen molar-refractivity contribution in [2.45, 2.75) is 57.3 Å². The fourth-order valence-electron chi connectivity index (χ4n) is 3.72. The van der Waals surface area contributed by atoms with Crippen molar-refractivity contribution in [1.29, 1.82) is 0 Å². The minimum atomic E-state index is -0.455. The van der Waals surface area contributed by atoms with Crippen molar-refractivity contribution >= 4 is 11.6 Å². The van der Waals surface area contributed by atoms with Crippen LogP contribution in [0.3, 0.4) is 0 Å². The standard InChI is InChI=1S/C14H20N4O3/c1-2-16-8-12(18(20)21)7-13(16)14(19)17-10-3-4-11(17)6-9(15)5-10/h7-11H,2-6,15H2,1H3. The summed E-state index contributed by atoms with van der Waals surface area (Å²) in [6, 6.07) is 1.93. The van der Waals surface area contributed by atoms with E-state index in [9.17, 15) is 14.9 Å². The van der Waals surface area contributed by atoms with E-state index >= 15 is 0 Å². The van der Waals surface area contributed by atoms with Crippen LogP contribution in [0.15, 0.2) is 12.3 Å². The molecule has 2 aliphatic rings. The number of nitrogens with two attached hydrogens (primary N) is 1. The fraction of sp³-hybridized carbons (Fsp3) is 0.643. The van der Waals surface area contributed by atoms with E-state index in [1.807, 2.05) is 11.8 Å². The second-order valence-electron chi connectivity index (χ2n) is 5.96. The highest BCUT2D eigenvalue weighted by molar-refractivity contribution is 5.94. The van der Waals surface area contributed by atoms with Gasteiger partial charge in [0.05, 0.1) is 11.1 Å². The van der Waals surface area contributed by atoms with Crippen molar-refractivity contribution in [2.75, 3.05) is 0 Å². The van der Waals surface area contributed by atoms with E-state index < -0.39 is 4.92 Å². The predicted octanol–water partition coefficient (Wildman–Crippen LogP) is 1.51. The summed E-state index contributed by atoms with van der Waals surface area (Å²) in [5.41, 5.74) is 6.41. The fourth-order valence-corrected chi connectivity index (χ4v) is 3.72. The Morgan fingerprint density at radius 3 is 2.57 bits per heavy atom. The first-order valence-electron chi connectivity index (χ1n) is 7.44. The van der Waals surface area contributed by atoms with Crippen LogP contribution < -0.4 is 5.73 Å². The van der Waals surface area contributed by atoms with E-state index in [-0.39, 0.29) is 29.7 Å². The summed E-state index contributed by atoms with van der Waals surface area (Å²) in [5.74, 6) is -0.0932. The van der Waals surface area contributed by atoms with Crippen molar-refractivity contribution in [3.63, 3.8) is 0 Å². The topological polar surface area (TPSA) is 94.4 Å². The number of piperidine rings is 1. The van der Waals surface area contributed by atoms with Crippen LogP contribution in [0.1, 0.15) is 43.1 Å². The summed E-state index contributed by atoms with van der Waals surface area (Å²) < 4.78 is 1.66. The van der Waals surface area contributed by atoms with Gasteiger partial charge in [-0.15, -0.1) is 0 Å². The van der Waals surface area contributed by atoms with Crippen molar-refractivity contribution in [3.8, 4) is 0 Å². The number of nitro groups is 1. The molecule has 2 unspecified atom stereocenters. The molecule has 1 amide bonds. The zero-order valence-corrected chi connectivity index (χ0v) is 12.1. The molecule has 0 aliphatic carbocycles. The van der Waals surface area contributed by atoms with Gasteiger partial charge in [0.25, 0.3) is 11.6 Å². The molecule has 2 fully saturated rings. The van der Waals surface area contributed by atoms with Crippen LogP contribution in [0.25, 0.3) is 0 Å². The summed E-state index contributed by atoms with van der Waals surface area (Å²) in [6.45, 7) is 2.42. The molecule has 0 radical (unpaired) electrons. The summed E-state index contributed by atoms with van der Waals surface area (Å²) in [7, 11) is 0. The van der Waals surface area contributed by atoms with Crippen LogP contribution in [-0.2, 0) is 6.54 Å². The number of aryl methyl sites for hydroxylation is 1. The Balaban J connectivity index is 1.90. The maximum atomic E-state index is 12.8. The zero-order chi connectivity index (χ0) is 15.1. The number of carbonyl (C=O) groups excluding carboxylic acids is 1. The number of fused-ring (bicyclic) bond motifs is 2. The first kappa shape index (κ1) is 14.1. The highest BCUT2D eigenvalue weighted by Gasteiger charge is 2.43. The van der Waals surface area contributed by atoms with Gasteiger partial charge in [0.15, 0.2) is 0 Å². The van der Waals surface area contributed by atoms with Crippen molar-refractivity contribution in [1.82, 2.24) is 9.47 Å². The Hall–Kier alpha value is -1.89. The molecule has 7 heteroatoms. The lowest BCUT2D eigenvalue weighted by Crippen LogP contribution is -2.50. The molecule has 0 spiro atoms. The van der Waals surface area contributed by atoms with Crippen LogP contribution in [0.5, 0.6) is 0 Å². The molecule has 2 atom stereocenters. The minimum absolute atomic E-state index is 0.0266. The highest BCUT2D eigenvalue weighted by atomic mass is 16.6. The van der Waals surface area contributed by atoms with Crippen molar-refractivity contribution < 1.29 is 9.72 Å². The first-order chi connectivity index (χ1) is 10.0. The third kappa shape index (κ3) is 2.31. The van der Waals surface area contributed by atoms with Crippen molar-refractivity contribution in [2.24, 2.45) is 5.73 Å². The van der Waals surface area contributed by atoms with Gasteiger partial charge in [0.1, 0.15) is 5.69 Å². The van der Waals surface area contributed by atoms with Gasteiger partial charge in [0, 0.05) is 30.7 Å². The van der Waals surface area contributed by atoms with Gasteiger partial charge in [-0.1, -0.05) is 0 Å². The van der Waals surface area contributed by atoms with Crippen LogP contribution in [-0.4, -0.2) is 38.4 Å². The molecule has 3 rings (SSSR count). The number of rotatable bonds is 3. The minimum Gasteiger partial charge on any atom is -0.337 e. The van der Waals surface area contributed by atoms with Gasteiger partial charge in [-0.05, 0) is 32.6 Å². The Kier molecular flexibility index (Phi) is 3.44. The van der Waals surface area contributed by atoms with Crippen LogP contribution in [0.2, 0.25) is 0 Å². The lowest BCUT2D eigenvalue weighted by Gasteiger charge is -2.37. The predicted molar refractivity (Wildman–Crippen MR) is 76.9 cm³/mol. The SMILES string of the molecule is CCn1cc([N+](=O)[O-])cc1C(=O)N1C2CCC1CC(N)C2. The lowest BCUT2D eigenvalue weighted by atomic mass is 9.98. The number of aromatic nitrogens is 1. The zero-order valence-electron chi connectivity index (χ0n) is 12.1. The summed E-state index contributed by atoms with van der Waals surface area (Å²) in [5, 5.41) is 10.9. The maximum Gasteiger partial charge on any atom is 0.287 e. The Bertz CT molecular complexity index is 569. The van der Waals surface area contributed by atoms with Gasteiger partial charge >= 0.3 is 0 Å². The number of hydrogen-bond acceptors (Lipinski definition) is 4. The van der Waals surface area contributed by atoms with Gasteiger partial charge in [-0.25, -0.2) is 0 Å². The Morgan fingerprint density at radius 2 is 2.05 bits per heavy atom. The molecule has 2 bridgehead atoms.